The van der Waals surface area contributed by atoms with E-state index in [1.54, 1.807) is 28.0 Å². The van der Waals surface area contributed by atoms with Gasteiger partial charge in [0.2, 0.25) is 5.91 Å². The molecule has 0 bridgehead atoms. The topological polar surface area (TPSA) is 49.9 Å². The number of hydrogen-bond acceptors (Lipinski definition) is 3. The lowest BCUT2D eigenvalue weighted by Crippen LogP contribution is -2.51. The van der Waals surface area contributed by atoms with Gasteiger partial charge in [-0.2, -0.15) is 0 Å². The van der Waals surface area contributed by atoms with Crippen molar-refractivity contribution in [3.05, 3.63) is 68.7 Å². The van der Waals surface area contributed by atoms with E-state index in [1.165, 1.54) is 0 Å². The van der Waals surface area contributed by atoms with Crippen LogP contribution in [-0.4, -0.2) is 53.9 Å². The maximum absolute atomic E-state index is 13.3. The summed E-state index contributed by atoms with van der Waals surface area (Å²) in [5.41, 5.74) is 1.30. The molecule has 0 radical (unpaired) electrons. The second kappa shape index (κ2) is 9.15. The van der Waals surface area contributed by atoms with Crippen LogP contribution in [-0.2, 0) is 9.53 Å². The zero-order chi connectivity index (χ0) is 21.3. The van der Waals surface area contributed by atoms with Gasteiger partial charge in [0.05, 0.1) is 23.7 Å². The maximum atomic E-state index is 13.3. The lowest BCUT2D eigenvalue weighted by molar-refractivity contribution is -0.143. The van der Waals surface area contributed by atoms with Crippen molar-refractivity contribution in [2.45, 2.75) is 25.0 Å². The first-order valence-corrected chi connectivity index (χ1v) is 11.0. The van der Waals surface area contributed by atoms with Gasteiger partial charge in [-0.15, -0.1) is 0 Å². The molecule has 2 aliphatic heterocycles. The van der Waals surface area contributed by atoms with Crippen molar-refractivity contribution >= 4 is 46.6 Å². The smallest absolute Gasteiger partial charge is 0.256 e. The molecule has 2 aromatic rings. The molecule has 2 saturated heterocycles. The number of carbonyl (C=O) groups is 2. The van der Waals surface area contributed by atoms with Crippen molar-refractivity contribution in [2.75, 3.05) is 26.2 Å². The third-order valence-corrected chi connectivity index (χ3v) is 6.39. The van der Waals surface area contributed by atoms with Crippen LogP contribution in [0.1, 0.15) is 34.9 Å². The van der Waals surface area contributed by atoms with E-state index in [0.717, 1.165) is 12.0 Å². The number of carbonyl (C=O) groups excluding carboxylic acids is 2. The molecular weight excluding hydrogens is 447 g/mol. The van der Waals surface area contributed by atoms with Crippen molar-refractivity contribution in [1.82, 2.24) is 9.80 Å². The molecule has 2 amide bonds. The molecule has 2 heterocycles. The van der Waals surface area contributed by atoms with Crippen LogP contribution in [0.2, 0.25) is 15.1 Å². The number of hydrogen-bond donors (Lipinski definition) is 0. The van der Waals surface area contributed by atoms with Crippen LogP contribution in [0.3, 0.4) is 0 Å². The van der Waals surface area contributed by atoms with Gasteiger partial charge in [0.25, 0.3) is 5.91 Å². The third kappa shape index (κ3) is 4.45. The van der Waals surface area contributed by atoms with Gasteiger partial charge >= 0.3 is 0 Å². The summed E-state index contributed by atoms with van der Waals surface area (Å²) in [5, 5.41) is 1.42. The monoisotopic (exact) mass is 466 g/mol. The second-order valence-corrected chi connectivity index (χ2v) is 8.76. The van der Waals surface area contributed by atoms with E-state index >= 15 is 0 Å². The highest BCUT2D eigenvalue weighted by Crippen LogP contribution is 2.29. The minimum absolute atomic E-state index is 0.0544. The van der Waals surface area contributed by atoms with Gasteiger partial charge in [0.1, 0.15) is 12.1 Å². The van der Waals surface area contributed by atoms with E-state index in [4.69, 9.17) is 39.5 Å². The molecule has 0 aromatic heterocycles. The number of amides is 2. The van der Waals surface area contributed by atoms with Crippen molar-refractivity contribution in [2.24, 2.45) is 0 Å². The second-order valence-electron chi connectivity index (χ2n) is 7.48. The number of morpholine rings is 1. The van der Waals surface area contributed by atoms with Gasteiger partial charge in [-0.3, -0.25) is 9.59 Å². The van der Waals surface area contributed by atoms with Gasteiger partial charge in [-0.25, -0.2) is 0 Å². The average Bonchev–Trinajstić information content (AvgIpc) is 3.25. The molecule has 4 rings (SSSR count). The van der Waals surface area contributed by atoms with Crippen LogP contribution in [0, 0.1) is 0 Å². The summed E-state index contributed by atoms with van der Waals surface area (Å²) in [5.74, 6) is -0.317. The van der Waals surface area contributed by atoms with Gasteiger partial charge in [0, 0.05) is 23.1 Å². The van der Waals surface area contributed by atoms with Crippen LogP contribution in [0.25, 0.3) is 0 Å². The Balaban J connectivity index is 1.49. The first kappa shape index (κ1) is 21.4. The molecule has 0 saturated carbocycles. The summed E-state index contributed by atoms with van der Waals surface area (Å²) in [7, 11) is 0. The predicted octanol–water partition coefficient (Wildman–Crippen LogP) is 4.85. The first-order valence-electron chi connectivity index (χ1n) is 9.86. The Kier molecular flexibility index (Phi) is 6.54. The highest BCUT2D eigenvalue weighted by Gasteiger charge is 2.39. The maximum Gasteiger partial charge on any atom is 0.256 e. The molecule has 158 valence electrons. The lowest BCUT2D eigenvalue weighted by Gasteiger charge is -2.36. The highest BCUT2D eigenvalue weighted by atomic mass is 35.5. The Morgan fingerprint density at radius 2 is 1.70 bits per heavy atom. The van der Waals surface area contributed by atoms with E-state index in [9.17, 15) is 9.59 Å². The van der Waals surface area contributed by atoms with E-state index in [-0.39, 0.29) is 17.9 Å². The van der Waals surface area contributed by atoms with Crippen LogP contribution in [0.5, 0.6) is 0 Å². The predicted molar refractivity (Wildman–Crippen MR) is 117 cm³/mol. The van der Waals surface area contributed by atoms with Gasteiger partial charge in [0.15, 0.2) is 0 Å². The Morgan fingerprint density at radius 3 is 2.47 bits per heavy atom. The van der Waals surface area contributed by atoms with Crippen molar-refractivity contribution in [3.63, 3.8) is 0 Å². The number of nitrogens with zero attached hydrogens (tertiary/aromatic N) is 2. The Morgan fingerprint density at radius 1 is 0.967 bits per heavy atom. The van der Waals surface area contributed by atoms with E-state index in [2.05, 4.69) is 0 Å². The number of rotatable bonds is 3. The lowest BCUT2D eigenvalue weighted by atomic mass is 10.1. The standard InChI is InChI=1S/C22H21Cl3N2O3/c23-15-5-3-14(4-6-15)20-13-26(10-11-30-20)22(29)19-2-1-9-27(19)21(28)17-12-16(24)7-8-18(17)25/h3-8,12,19-20H,1-2,9-11,13H2. The van der Waals surface area contributed by atoms with Crippen LogP contribution in [0.15, 0.2) is 42.5 Å². The SMILES string of the molecule is O=C(C1CCCN1C(=O)c1cc(Cl)ccc1Cl)N1CCOC(c2ccc(Cl)cc2)C1. The molecule has 2 atom stereocenters. The summed E-state index contributed by atoms with van der Waals surface area (Å²) < 4.78 is 5.87. The minimum Gasteiger partial charge on any atom is -0.370 e. The molecule has 5 nitrogen and oxygen atoms in total. The van der Waals surface area contributed by atoms with Crippen molar-refractivity contribution in [1.29, 1.82) is 0 Å². The van der Waals surface area contributed by atoms with Gasteiger partial charge < -0.3 is 14.5 Å². The Bertz CT molecular complexity index is 951. The Hall–Kier alpha value is -1.79. The number of likely N-dealkylation sites (tertiary alicyclic amines) is 1. The van der Waals surface area contributed by atoms with E-state index in [0.29, 0.717) is 53.3 Å². The van der Waals surface area contributed by atoms with Crippen molar-refractivity contribution < 1.29 is 14.3 Å². The molecular formula is C22H21Cl3N2O3. The van der Waals surface area contributed by atoms with Crippen LogP contribution in [0.4, 0.5) is 0 Å². The van der Waals surface area contributed by atoms with Gasteiger partial charge in [-0.05, 0) is 48.7 Å². The molecule has 8 heteroatoms. The largest absolute Gasteiger partial charge is 0.370 e. The van der Waals surface area contributed by atoms with E-state index < -0.39 is 6.04 Å². The summed E-state index contributed by atoms with van der Waals surface area (Å²) >= 11 is 18.2. The molecule has 2 unspecified atom stereocenters. The molecule has 0 N–H and O–H groups in total. The normalized spacial score (nSPS) is 21.7. The van der Waals surface area contributed by atoms with Gasteiger partial charge in [-0.1, -0.05) is 46.9 Å². The zero-order valence-electron chi connectivity index (χ0n) is 16.2. The van der Waals surface area contributed by atoms with Crippen molar-refractivity contribution in [3.8, 4) is 0 Å². The van der Waals surface area contributed by atoms with E-state index in [1.807, 2.05) is 24.3 Å². The molecule has 0 aliphatic carbocycles. The average molecular weight is 468 g/mol. The zero-order valence-corrected chi connectivity index (χ0v) is 18.5. The number of ether oxygens (including phenoxy) is 1. The van der Waals surface area contributed by atoms with Crippen LogP contribution < -0.4 is 0 Å². The molecule has 30 heavy (non-hydrogen) atoms. The molecule has 0 spiro atoms. The summed E-state index contributed by atoms with van der Waals surface area (Å²) in [6.45, 7) is 1.90. The first-order chi connectivity index (χ1) is 14.4. The third-order valence-electron chi connectivity index (χ3n) is 5.58. The molecule has 2 aromatic carbocycles. The summed E-state index contributed by atoms with van der Waals surface area (Å²) in [6.07, 6.45) is 1.18. The van der Waals surface area contributed by atoms with Crippen LogP contribution >= 0.6 is 34.8 Å². The molecule has 2 aliphatic rings. The quantitative estimate of drug-likeness (QED) is 0.648. The number of benzene rings is 2. The minimum atomic E-state index is -0.503. The summed E-state index contributed by atoms with van der Waals surface area (Å²) in [4.78, 5) is 29.8. The highest BCUT2D eigenvalue weighted by molar-refractivity contribution is 6.35. The number of halogens is 3. The summed E-state index contributed by atoms with van der Waals surface area (Å²) in [6, 6.07) is 11.7. The fraction of sp³-hybridized carbons (Fsp3) is 0.364. The fourth-order valence-corrected chi connectivity index (χ4v) is 4.52. The fourth-order valence-electron chi connectivity index (χ4n) is 4.02. The Labute approximate surface area is 190 Å². The molecule has 2 fully saturated rings.